The minimum Gasteiger partial charge on any atom is -0.359 e. The average molecular weight is 396 g/mol. The summed E-state index contributed by atoms with van der Waals surface area (Å²) in [7, 11) is 0. The Kier molecular flexibility index (Phi) is 5.83. The van der Waals surface area contributed by atoms with Gasteiger partial charge >= 0.3 is 0 Å². The van der Waals surface area contributed by atoms with E-state index in [9.17, 15) is 9.59 Å². The molecule has 4 rings (SSSR count). The molecule has 3 heterocycles. The van der Waals surface area contributed by atoms with Gasteiger partial charge in [0.25, 0.3) is 0 Å². The van der Waals surface area contributed by atoms with Gasteiger partial charge in [-0.15, -0.1) is 0 Å². The van der Waals surface area contributed by atoms with Gasteiger partial charge in [-0.1, -0.05) is 30.3 Å². The minimum atomic E-state index is 0.128. The maximum absolute atomic E-state index is 12.7. The number of carbonyl (C=O) groups is 2. The Balaban J connectivity index is 1.37. The average Bonchev–Trinajstić information content (AvgIpc) is 3.34. The van der Waals surface area contributed by atoms with E-state index in [2.05, 4.69) is 23.5 Å². The molecule has 0 bridgehead atoms. The zero-order valence-electron chi connectivity index (χ0n) is 16.9. The van der Waals surface area contributed by atoms with Crippen molar-refractivity contribution in [2.24, 2.45) is 0 Å². The molecule has 2 aromatic rings. The van der Waals surface area contributed by atoms with E-state index in [1.807, 2.05) is 28.0 Å². The van der Waals surface area contributed by atoms with Crippen LogP contribution < -0.4 is 5.32 Å². The summed E-state index contributed by atoms with van der Waals surface area (Å²) in [5.74, 6) is 1.89. The highest BCUT2D eigenvalue weighted by Crippen LogP contribution is 2.30. The zero-order chi connectivity index (χ0) is 20.2. The van der Waals surface area contributed by atoms with Crippen molar-refractivity contribution >= 4 is 23.3 Å². The summed E-state index contributed by atoms with van der Waals surface area (Å²) in [4.78, 5) is 28.2. The number of aromatic nitrogens is 1. The Morgan fingerprint density at radius 3 is 2.90 bits per heavy atom. The number of likely N-dealkylation sites (tertiary alicyclic amines) is 1. The van der Waals surface area contributed by atoms with Crippen LogP contribution in [-0.2, 0) is 29.0 Å². The molecule has 7 heteroatoms. The summed E-state index contributed by atoms with van der Waals surface area (Å²) in [6, 6.07) is 8.15. The number of rotatable bonds is 7. The zero-order valence-corrected chi connectivity index (χ0v) is 16.9. The van der Waals surface area contributed by atoms with E-state index >= 15 is 0 Å². The molecule has 154 valence electrons. The van der Waals surface area contributed by atoms with Gasteiger partial charge < -0.3 is 19.6 Å². The highest BCUT2D eigenvalue weighted by atomic mass is 16.5. The van der Waals surface area contributed by atoms with Gasteiger partial charge in [-0.05, 0) is 30.9 Å². The fourth-order valence-electron chi connectivity index (χ4n) is 4.12. The van der Waals surface area contributed by atoms with Crippen LogP contribution in [-0.4, -0.2) is 46.4 Å². The van der Waals surface area contributed by atoms with Gasteiger partial charge in [0, 0.05) is 44.6 Å². The van der Waals surface area contributed by atoms with Crippen molar-refractivity contribution in [2.75, 3.05) is 25.0 Å². The Morgan fingerprint density at radius 1 is 1.24 bits per heavy atom. The Labute approximate surface area is 171 Å². The maximum Gasteiger partial charge on any atom is 0.222 e. The number of hydrogen-bond donors (Lipinski definition) is 1. The van der Waals surface area contributed by atoms with E-state index in [1.165, 1.54) is 5.56 Å². The third kappa shape index (κ3) is 4.28. The number of aryl methyl sites for hydroxylation is 1. The fraction of sp³-hybridized carbons (Fsp3) is 0.500. The van der Waals surface area contributed by atoms with E-state index in [0.29, 0.717) is 51.1 Å². The van der Waals surface area contributed by atoms with Crippen molar-refractivity contribution < 1.29 is 14.1 Å². The number of carbonyl (C=O) groups excluding carboxylic acids is 2. The Bertz CT molecular complexity index is 892. The van der Waals surface area contributed by atoms with Crippen LogP contribution in [0.3, 0.4) is 0 Å². The molecule has 0 radical (unpaired) electrons. The molecule has 0 saturated carbocycles. The molecule has 2 aliphatic rings. The largest absolute Gasteiger partial charge is 0.359 e. The minimum absolute atomic E-state index is 0.128. The number of nitrogens with one attached hydrogen (secondary N) is 1. The lowest BCUT2D eigenvalue weighted by Gasteiger charge is -2.27. The van der Waals surface area contributed by atoms with Crippen molar-refractivity contribution in [3.63, 3.8) is 0 Å². The van der Waals surface area contributed by atoms with Crippen molar-refractivity contribution in [3.8, 4) is 0 Å². The molecule has 2 aliphatic heterocycles. The lowest BCUT2D eigenvalue weighted by atomic mass is 10.1. The first kappa shape index (κ1) is 19.5. The van der Waals surface area contributed by atoms with Crippen LogP contribution in [0.4, 0.5) is 11.5 Å². The predicted octanol–water partition coefficient (Wildman–Crippen LogP) is 3.27. The van der Waals surface area contributed by atoms with Crippen LogP contribution in [0.5, 0.6) is 0 Å². The third-order valence-corrected chi connectivity index (χ3v) is 5.82. The molecule has 1 fully saturated rings. The van der Waals surface area contributed by atoms with Gasteiger partial charge in [0.1, 0.15) is 5.76 Å². The number of para-hydroxylation sites is 1. The molecule has 2 amide bonds. The quantitative estimate of drug-likeness (QED) is 0.777. The SMILES string of the molecule is CCc1ccccc1Nc1noc2c1CN(C(=O)CCCN1CCCC1=O)CC2. The summed E-state index contributed by atoms with van der Waals surface area (Å²) in [6.07, 6.45) is 4.36. The lowest BCUT2D eigenvalue weighted by Crippen LogP contribution is -2.36. The molecule has 0 atom stereocenters. The monoisotopic (exact) mass is 396 g/mol. The summed E-state index contributed by atoms with van der Waals surface area (Å²) in [5, 5.41) is 7.61. The number of amides is 2. The van der Waals surface area contributed by atoms with Crippen LogP contribution >= 0.6 is 0 Å². The number of fused-ring (bicyclic) bond motifs is 1. The van der Waals surface area contributed by atoms with Gasteiger partial charge in [0.05, 0.1) is 12.1 Å². The molecule has 0 spiro atoms. The smallest absolute Gasteiger partial charge is 0.222 e. The highest BCUT2D eigenvalue weighted by Gasteiger charge is 2.27. The van der Waals surface area contributed by atoms with Crippen LogP contribution in [0.15, 0.2) is 28.8 Å². The first-order chi connectivity index (χ1) is 14.2. The number of nitrogens with zero attached hydrogens (tertiary/aromatic N) is 3. The van der Waals surface area contributed by atoms with E-state index in [4.69, 9.17) is 4.52 Å². The van der Waals surface area contributed by atoms with Gasteiger partial charge in [0.15, 0.2) is 5.82 Å². The van der Waals surface area contributed by atoms with Crippen molar-refractivity contribution in [2.45, 2.75) is 52.0 Å². The van der Waals surface area contributed by atoms with E-state index in [1.54, 1.807) is 0 Å². The summed E-state index contributed by atoms with van der Waals surface area (Å²) < 4.78 is 5.53. The summed E-state index contributed by atoms with van der Waals surface area (Å²) in [6.45, 7) is 4.78. The van der Waals surface area contributed by atoms with Crippen LogP contribution in [0, 0.1) is 0 Å². The molecule has 7 nitrogen and oxygen atoms in total. The van der Waals surface area contributed by atoms with Crippen LogP contribution in [0.1, 0.15) is 49.5 Å². The van der Waals surface area contributed by atoms with E-state index in [-0.39, 0.29) is 11.8 Å². The lowest BCUT2D eigenvalue weighted by molar-refractivity contribution is -0.133. The van der Waals surface area contributed by atoms with Gasteiger partial charge in [-0.25, -0.2) is 0 Å². The number of hydrogen-bond acceptors (Lipinski definition) is 5. The van der Waals surface area contributed by atoms with Gasteiger partial charge in [0.2, 0.25) is 11.8 Å². The molecular formula is C22H28N4O3. The third-order valence-electron chi connectivity index (χ3n) is 5.82. The number of benzene rings is 1. The van der Waals surface area contributed by atoms with Gasteiger partial charge in [-0.3, -0.25) is 9.59 Å². The second-order valence-corrected chi connectivity index (χ2v) is 7.72. The van der Waals surface area contributed by atoms with E-state index in [0.717, 1.165) is 36.4 Å². The fourth-order valence-corrected chi connectivity index (χ4v) is 4.12. The first-order valence-corrected chi connectivity index (χ1v) is 10.5. The summed E-state index contributed by atoms with van der Waals surface area (Å²) in [5.41, 5.74) is 3.19. The van der Waals surface area contributed by atoms with Crippen molar-refractivity contribution in [1.29, 1.82) is 0 Å². The molecule has 0 aliphatic carbocycles. The predicted molar refractivity (Wildman–Crippen MR) is 110 cm³/mol. The molecule has 0 unspecified atom stereocenters. The molecule has 29 heavy (non-hydrogen) atoms. The molecule has 1 aromatic carbocycles. The second kappa shape index (κ2) is 8.68. The normalized spacial score (nSPS) is 16.2. The van der Waals surface area contributed by atoms with Crippen molar-refractivity contribution in [1.82, 2.24) is 15.0 Å². The standard InChI is InChI=1S/C22H28N4O3/c1-2-16-7-3-4-8-18(16)23-22-17-15-26(14-11-19(17)29-24-22)21(28)10-6-13-25-12-5-9-20(25)27/h3-4,7-8H,2,5-6,9-15H2,1H3,(H,23,24). The Morgan fingerprint density at radius 2 is 2.10 bits per heavy atom. The number of anilines is 2. The topological polar surface area (TPSA) is 78.7 Å². The maximum atomic E-state index is 12.7. The molecule has 1 aromatic heterocycles. The summed E-state index contributed by atoms with van der Waals surface area (Å²) >= 11 is 0. The van der Waals surface area contributed by atoms with Crippen molar-refractivity contribution in [3.05, 3.63) is 41.2 Å². The van der Waals surface area contributed by atoms with Crippen LogP contribution in [0.2, 0.25) is 0 Å². The first-order valence-electron chi connectivity index (χ1n) is 10.5. The highest BCUT2D eigenvalue weighted by molar-refractivity contribution is 5.79. The molecule has 1 saturated heterocycles. The second-order valence-electron chi connectivity index (χ2n) is 7.72. The molecule has 1 N–H and O–H groups in total. The van der Waals surface area contributed by atoms with Crippen LogP contribution in [0.25, 0.3) is 0 Å². The van der Waals surface area contributed by atoms with Gasteiger partial charge in [-0.2, -0.15) is 0 Å². The molecular weight excluding hydrogens is 368 g/mol. The van der Waals surface area contributed by atoms with E-state index < -0.39 is 0 Å². The Hall–Kier alpha value is -2.83.